The quantitative estimate of drug-likeness (QED) is 0.596. The molecule has 0 saturated heterocycles. The third-order valence-corrected chi connectivity index (χ3v) is 3.24. The van der Waals surface area contributed by atoms with E-state index in [-0.39, 0.29) is 0 Å². The molecule has 0 nitrogen and oxygen atoms in total. The maximum absolute atomic E-state index is 5.68. The van der Waals surface area contributed by atoms with Crippen LogP contribution in [0.25, 0.3) is 6.08 Å². The average Bonchev–Trinajstić information content (AvgIpc) is 2.01. The van der Waals surface area contributed by atoms with Crippen LogP contribution in [0.3, 0.4) is 0 Å². The third-order valence-electron chi connectivity index (χ3n) is 1.29. The minimum absolute atomic E-state index is 0.958. The van der Waals surface area contributed by atoms with Gasteiger partial charge in [0.15, 0.2) is 0 Å². The van der Waals surface area contributed by atoms with Crippen molar-refractivity contribution >= 4 is 55.1 Å². The molecular formula is C8H7Cl4P. The van der Waals surface area contributed by atoms with Gasteiger partial charge in [0.25, 0.3) is 0 Å². The van der Waals surface area contributed by atoms with Gasteiger partial charge >= 0.3 is 96.8 Å². The number of rotatable bonds is 2. The number of hydrogen-bond donors (Lipinski definition) is 0. The number of benzene rings is 1. The standard InChI is InChI=1S/C8H7Cl4P/c9-13(10,11,12)7-6-8-4-2-1-3-5-8/h1-7H/b7-6+. The Morgan fingerprint density at radius 3 is 1.92 bits per heavy atom. The van der Waals surface area contributed by atoms with Gasteiger partial charge in [0.05, 0.1) is 0 Å². The van der Waals surface area contributed by atoms with Crippen molar-refractivity contribution in [2.75, 3.05) is 0 Å². The minimum atomic E-state index is -3.59. The molecule has 0 saturated carbocycles. The van der Waals surface area contributed by atoms with Gasteiger partial charge < -0.3 is 0 Å². The van der Waals surface area contributed by atoms with E-state index < -0.39 is 4.01 Å². The van der Waals surface area contributed by atoms with Gasteiger partial charge in [0.2, 0.25) is 0 Å². The van der Waals surface area contributed by atoms with E-state index in [1.54, 1.807) is 6.08 Å². The summed E-state index contributed by atoms with van der Waals surface area (Å²) in [4.78, 5) is 0. The van der Waals surface area contributed by atoms with E-state index >= 15 is 0 Å². The van der Waals surface area contributed by atoms with Crippen molar-refractivity contribution in [3.8, 4) is 0 Å². The SMILES string of the molecule is ClP(Cl)(Cl)(Cl)/C=C/c1ccccc1. The van der Waals surface area contributed by atoms with Gasteiger partial charge in [-0.1, -0.05) is 0 Å². The van der Waals surface area contributed by atoms with Crippen molar-refractivity contribution in [2.24, 2.45) is 0 Å². The predicted molar refractivity (Wildman–Crippen MR) is 65.8 cm³/mol. The van der Waals surface area contributed by atoms with Crippen molar-refractivity contribution < 1.29 is 0 Å². The van der Waals surface area contributed by atoms with E-state index in [9.17, 15) is 0 Å². The molecule has 1 rings (SSSR count). The van der Waals surface area contributed by atoms with Crippen LogP contribution in [0.2, 0.25) is 0 Å². The Morgan fingerprint density at radius 1 is 0.923 bits per heavy atom. The Morgan fingerprint density at radius 2 is 1.46 bits per heavy atom. The monoisotopic (exact) mass is 274 g/mol. The molecule has 5 heteroatoms. The zero-order valence-corrected chi connectivity index (χ0v) is 10.4. The van der Waals surface area contributed by atoms with E-state index in [1.807, 2.05) is 30.3 Å². The fourth-order valence-corrected chi connectivity index (χ4v) is 1.84. The van der Waals surface area contributed by atoms with Gasteiger partial charge in [-0.2, -0.15) is 0 Å². The van der Waals surface area contributed by atoms with E-state index in [4.69, 9.17) is 45.0 Å². The van der Waals surface area contributed by atoms with Crippen LogP contribution in [0.5, 0.6) is 0 Å². The summed E-state index contributed by atoms with van der Waals surface area (Å²) in [7, 11) is 0. The molecule has 0 unspecified atom stereocenters. The molecule has 0 aromatic heterocycles. The normalized spacial score (nSPS) is 15.5. The summed E-state index contributed by atoms with van der Waals surface area (Å²) in [5, 5.41) is 0. The first-order valence-electron chi connectivity index (χ1n) is 3.47. The molecule has 0 aliphatic carbocycles. The Balaban J connectivity index is 2.82. The van der Waals surface area contributed by atoms with E-state index in [1.165, 1.54) is 5.82 Å². The van der Waals surface area contributed by atoms with Crippen LogP contribution in [0, 0.1) is 0 Å². The molecule has 1 aromatic rings. The Labute approximate surface area is 96.5 Å². The second kappa shape index (κ2) is 3.96. The molecule has 0 heterocycles. The summed E-state index contributed by atoms with van der Waals surface area (Å²) >= 11 is 22.7. The molecule has 1 aromatic carbocycles. The Bertz CT molecular complexity index is 303. The van der Waals surface area contributed by atoms with Crippen LogP contribution >= 0.6 is 49.0 Å². The van der Waals surface area contributed by atoms with Crippen LogP contribution in [0.15, 0.2) is 36.1 Å². The zero-order chi connectivity index (χ0) is 9.97. The second-order valence-electron chi connectivity index (χ2n) is 2.50. The zero-order valence-electron chi connectivity index (χ0n) is 6.50. The summed E-state index contributed by atoms with van der Waals surface area (Å²) in [6.07, 6.45) is 1.71. The van der Waals surface area contributed by atoms with Crippen molar-refractivity contribution in [1.82, 2.24) is 0 Å². The van der Waals surface area contributed by atoms with Gasteiger partial charge in [-0.3, -0.25) is 0 Å². The fraction of sp³-hybridized carbons (Fsp3) is 0. The molecule has 0 fully saturated rings. The van der Waals surface area contributed by atoms with Gasteiger partial charge in [0, 0.05) is 0 Å². The molecular weight excluding hydrogens is 269 g/mol. The van der Waals surface area contributed by atoms with Crippen molar-refractivity contribution in [3.05, 3.63) is 41.7 Å². The molecule has 0 aliphatic rings. The molecule has 0 N–H and O–H groups in total. The topological polar surface area (TPSA) is 0 Å². The summed E-state index contributed by atoms with van der Waals surface area (Å²) < 4.78 is -3.59. The Hall–Kier alpha value is 0.550. The first kappa shape index (κ1) is 11.6. The molecule has 0 amide bonds. The average molecular weight is 276 g/mol. The summed E-state index contributed by atoms with van der Waals surface area (Å²) in [6.45, 7) is 0. The van der Waals surface area contributed by atoms with Crippen LogP contribution < -0.4 is 0 Å². The fourth-order valence-electron chi connectivity index (χ4n) is 0.763. The Kier molecular flexibility index (Phi) is 3.54. The molecule has 13 heavy (non-hydrogen) atoms. The second-order valence-corrected chi connectivity index (χ2v) is 15.9. The number of hydrogen-bond acceptors (Lipinski definition) is 0. The van der Waals surface area contributed by atoms with E-state index in [2.05, 4.69) is 0 Å². The van der Waals surface area contributed by atoms with Crippen molar-refractivity contribution in [3.63, 3.8) is 0 Å². The van der Waals surface area contributed by atoms with Crippen LogP contribution in [-0.2, 0) is 0 Å². The first-order valence-corrected chi connectivity index (χ1v) is 9.39. The number of halogens is 4. The molecule has 0 bridgehead atoms. The van der Waals surface area contributed by atoms with Crippen molar-refractivity contribution in [1.29, 1.82) is 0 Å². The van der Waals surface area contributed by atoms with Gasteiger partial charge in [-0.15, -0.1) is 0 Å². The van der Waals surface area contributed by atoms with Crippen LogP contribution in [-0.4, -0.2) is 0 Å². The van der Waals surface area contributed by atoms with Crippen LogP contribution in [0.4, 0.5) is 0 Å². The summed E-state index contributed by atoms with van der Waals surface area (Å²) in [5.74, 6) is 1.44. The van der Waals surface area contributed by atoms with Crippen LogP contribution in [0.1, 0.15) is 5.56 Å². The maximum atomic E-state index is 5.68. The summed E-state index contributed by atoms with van der Waals surface area (Å²) in [6, 6.07) is 9.53. The molecule has 0 aliphatic heterocycles. The molecule has 72 valence electrons. The molecule has 0 radical (unpaired) electrons. The van der Waals surface area contributed by atoms with Gasteiger partial charge in [-0.25, -0.2) is 0 Å². The van der Waals surface area contributed by atoms with Gasteiger partial charge in [-0.05, 0) is 0 Å². The first-order chi connectivity index (χ1) is 5.83. The molecule has 0 spiro atoms. The summed E-state index contributed by atoms with van der Waals surface area (Å²) in [5.41, 5.74) is 0.958. The predicted octanol–water partition coefficient (Wildman–Crippen LogP) is 5.83. The van der Waals surface area contributed by atoms with E-state index in [0.717, 1.165) is 5.56 Å². The van der Waals surface area contributed by atoms with Crippen molar-refractivity contribution in [2.45, 2.75) is 0 Å². The third kappa shape index (κ3) is 5.78. The van der Waals surface area contributed by atoms with E-state index in [0.29, 0.717) is 0 Å². The molecule has 0 atom stereocenters. The van der Waals surface area contributed by atoms with Gasteiger partial charge in [0.1, 0.15) is 0 Å².